The molecule has 0 unspecified atom stereocenters. The Morgan fingerprint density at radius 3 is 2.67 bits per heavy atom. The van der Waals surface area contributed by atoms with Gasteiger partial charge < -0.3 is 15.2 Å². The van der Waals surface area contributed by atoms with Crippen LogP contribution in [0.3, 0.4) is 0 Å². The van der Waals surface area contributed by atoms with Crippen LogP contribution in [0.4, 0.5) is 5.69 Å². The van der Waals surface area contributed by atoms with E-state index in [0.29, 0.717) is 17.7 Å². The van der Waals surface area contributed by atoms with E-state index in [1.165, 1.54) is 18.4 Å². The Morgan fingerprint density at radius 2 is 1.90 bits per heavy atom. The molecule has 0 amide bonds. The van der Waals surface area contributed by atoms with E-state index >= 15 is 0 Å². The lowest BCUT2D eigenvalue weighted by Crippen LogP contribution is -2.42. The molecule has 30 heavy (non-hydrogen) atoms. The molecular formula is C25H29N3OS. The van der Waals surface area contributed by atoms with Crippen LogP contribution in [0, 0.1) is 6.92 Å². The van der Waals surface area contributed by atoms with Gasteiger partial charge in [-0.25, -0.2) is 0 Å². The highest BCUT2D eigenvalue weighted by Crippen LogP contribution is 2.26. The van der Waals surface area contributed by atoms with E-state index in [1.54, 1.807) is 0 Å². The lowest BCUT2D eigenvalue weighted by molar-refractivity contribution is 0.311. The number of thiocarbonyl (C=S) groups is 1. The van der Waals surface area contributed by atoms with E-state index in [4.69, 9.17) is 12.2 Å². The Bertz CT molecular complexity index is 1110. The zero-order chi connectivity index (χ0) is 21.1. The summed E-state index contributed by atoms with van der Waals surface area (Å²) >= 11 is 5.86. The van der Waals surface area contributed by atoms with E-state index in [2.05, 4.69) is 52.5 Å². The molecule has 0 atom stereocenters. The van der Waals surface area contributed by atoms with E-state index in [0.717, 1.165) is 47.0 Å². The van der Waals surface area contributed by atoms with Crippen molar-refractivity contribution in [3.8, 4) is 0 Å². The second kappa shape index (κ2) is 9.00. The molecular weight excluding hydrogens is 390 g/mol. The minimum atomic E-state index is -0.0344. The fourth-order valence-electron chi connectivity index (χ4n) is 4.38. The second-order valence-electron chi connectivity index (χ2n) is 8.22. The van der Waals surface area contributed by atoms with Crippen molar-refractivity contribution in [2.75, 3.05) is 5.32 Å². The van der Waals surface area contributed by atoms with Gasteiger partial charge in [0.05, 0.1) is 6.54 Å². The Kier molecular flexibility index (Phi) is 6.18. The molecule has 3 aromatic rings. The number of pyridine rings is 1. The van der Waals surface area contributed by atoms with Crippen LogP contribution in [0.2, 0.25) is 0 Å². The van der Waals surface area contributed by atoms with Gasteiger partial charge >= 0.3 is 0 Å². The summed E-state index contributed by atoms with van der Waals surface area (Å²) < 4.78 is 0. The number of nitrogens with zero attached hydrogens (tertiary/aromatic N) is 1. The van der Waals surface area contributed by atoms with Crippen molar-refractivity contribution >= 4 is 33.9 Å². The van der Waals surface area contributed by atoms with Gasteiger partial charge in [-0.05, 0) is 73.1 Å². The van der Waals surface area contributed by atoms with Gasteiger partial charge in [0.25, 0.3) is 5.56 Å². The summed E-state index contributed by atoms with van der Waals surface area (Å²) in [6.45, 7) is 4.70. The number of fused-ring (bicyclic) bond motifs is 1. The van der Waals surface area contributed by atoms with Gasteiger partial charge in [0.2, 0.25) is 0 Å². The summed E-state index contributed by atoms with van der Waals surface area (Å²) in [5.41, 5.74) is 5.03. The smallest absolute Gasteiger partial charge is 0.253 e. The van der Waals surface area contributed by atoms with Crippen LogP contribution < -0.4 is 10.9 Å². The van der Waals surface area contributed by atoms with Gasteiger partial charge in [0.15, 0.2) is 5.11 Å². The zero-order valence-corrected chi connectivity index (χ0v) is 18.5. The number of aryl methyl sites for hydroxylation is 2. The summed E-state index contributed by atoms with van der Waals surface area (Å²) in [5.74, 6) is 0. The first kappa shape index (κ1) is 20.6. The molecule has 2 aromatic carbocycles. The standard InChI is InChI=1S/C25H29N3OS/c1-3-18-8-4-7-11-22(18)27-25(30)28(21-9-5-6-10-21)16-20-15-19-13-12-17(2)14-23(19)26-24(20)29/h4,7-8,11-15,21H,3,5-6,9-10,16H2,1-2H3,(H,26,29)(H,27,30). The number of H-pyrrole nitrogens is 1. The first-order chi connectivity index (χ1) is 14.5. The molecule has 0 radical (unpaired) electrons. The number of rotatable bonds is 5. The number of aromatic amines is 1. The monoisotopic (exact) mass is 419 g/mol. The largest absolute Gasteiger partial charge is 0.342 e. The maximum atomic E-state index is 12.8. The summed E-state index contributed by atoms with van der Waals surface area (Å²) in [6.07, 6.45) is 5.59. The van der Waals surface area contributed by atoms with Gasteiger partial charge in [-0.2, -0.15) is 0 Å². The number of aromatic nitrogens is 1. The molecule has 0 bridgehead atoms. The molecule has 5 heteroatoms. The predicted octanol–water partition coefficient (Wildman–Crippen LogP) is 5.54. The Labute approximate surface area is 183 Å². The van der Waals surface area contributed by atoms with Crippen molar-refractivity contribution in [3.63, 3.8) is 0 Å². The molecule has 1 aliphatic rings. The van der Waals surface area contributed by atoms with Crippen molar-refractivity contribution in [3.05, 3.63) is 75.6 Å². The minimum absolute atomic E-state index is 0.0344. The normalized spacial score (nSPS) is 14.2. The van der Waals surface area contributed by atoms with Crippen molar-refractivity contribution in [1.82, 2.24) is 9.88 Å². The predicted molar refractivity (Wildman–Crippen MR) is 129 cm³/mol. The van der Waals surface area contributed by atoms with E-state index < -0.39 is 0 Å². The number of hydrogen-bond donors (Lipinski definition) is 2. The third-order valence-corrected chi connectivity index (χ3v) is 6.42. The molecule has 0 aliphatic heterocycles. The van der Waals surface area contributed by atoms with Crippen LogP contribution in [-0.4, -0.2) is 21.0 Å². The Balaban J connectivity index is 1.64. The Morgan fingerprint density at radius 1 is 1.13 bits per heavy atom. The molecule has 1 saturated carbocycles. The zero-order valence-electron chi connectivity index (χ0n) is 17.7. The lowest BCUT2D eigenvalue weighted by atomic mass is 10.1. The average molecular weight is 420 g/mol. The molecule has 1 heterocycles. The third-order valence-electron chi connectivity index (χ3n) is 6.09. The maximum absolute atomic E-state index is 12.8. The van der Waals surface area contributed by atoms with Crippen molar-refractivity contribution in [2.45, 2.75) is 58.5 Å². The van der Waals surface area contributed by atoms with Gasteiger partial charge in [-0.3, -0.25) is 4.79 Å². The Hall–Kier alpha value is -2.66. The highest BCUT2D eigenvalue weighted by atomic mass is 32.1. The van der Waals surface area contributed by atoms with Crippen LogP contribution >= 0.6 is 12.2 Å². The third kappa shape index (κ3) is 4.41. The van der Waals surface area contributed by atoms with Crippen molar-refractivity contribution in [2.24, 2.45) is 0 Å². The topological polar surface area (TPSA) is 48.1 Å². The fraction of sp³-hybridized carbons (Fsp3) is 0.360. The van der Waals surface area contributed by atoms with Crippen LogP contribution in [-0.2, 0) is 13.0 Å². The molecule has 1 aromatic heterocycles. The van der Waals surface area contributed by atoms with E-state index in [9.17, 15) is 4.79 Å². The van der Waals surface area contributed by atoms with Crippen LogP contribution in [0.15, 0.2) is 53.3 Å². The highest BCUT2D eigenvalue weighted by Gasteiger charge is 2.26. The summed E-state index contributed by atoms with van der Waals surface area (Å²) in [4.78, 5) is 18.1. The van der Waals surface area contributed by atoms with Crippen molar-refractivity contribution < 1.29 is 0 Å². The average Bonchev–Trinajstić information content (AvgIpc) is 3.27. The number of anilines is 1. The molecule has 0 saturated heterocycles. The summed E-state index contributed by atoms with van der Waals surface area (Å²) in [7, 11) is 0. The van der Waals surface area contributed by atoms with Gasteiger partial charge in [0.1, 0.15) is 0 Å². The van der Waals surface area contributed by atoms with Crippen LogP contribution in [0.1, 0.15) is 49.3 Å². The number of benzene rings is 2. The fourth-order valence-corrected chi connectivity index (χ4v) is 4.70. The van der Waals surface area contributed by atoms with Gasteiger partial charge in [-0.15, -0.1) is 0 Å². The highest BCUT2D eigenvalue weighted by molar-refractivity contribution is 7.80. The van der Waals surface area contributed by atoms with Gasteiger partial charge in [0, 0.05) is 22.8 Å². The first-order valence-electron chi connectivity index (χ1n) is 10.8. The molecule has 1 aliphatic carbocycles. The molecule has 4 nitrogen and oxygen atoms in total. The SMILES string of the molecule is CCc1ccccc1NC(=S)N(Cc1cc2ccc(C)cc2[nH]c1=O)C1CCCC1. The molecule has 156 valence electrons. The molecule has 0 spiro atoms. The maximum Gasteiger partial charge on any atom is 0.253 e. The minimum Gasteiger partial charge on any atom is -0.342 e. The molecule has 4 rings (SSSR count). The van der Waals surface area contributed by atoms with Crippen LogP contribution in [0.5, 0.6) is 0 Å². The van der Waals surface area contributed by atoms with Crippen molar-refractivity contribution in [1.29, 1.82) is 0 Å². The second-order valence-corrected chi connectivity index (χ2v) is 8.61. The summed E-state index contributed by atoms with van der Waals surface area (Å²) in [6, 6.07) is 16.8. The first-order valence-corrected chi connectivity index (χ1v) is 11.2. The quantitative estimate of drug-likeness (QED) is 0.533. The van der Waals surface area contributed by atoms with Gasteiger partial charge in [-0.1, -0.05) is 50.1 Å². The van der Waals surface area contributed by atoms with Crippen LogP contribution in [0.25, 0.3) is 10.9 Å². The molecule has 2 N–H and O–H groups in total. The van der Waals surface area contributed by atoms with E-state index in [-0.39, 0.29) is 5.56 Å². The summed E-state index contributed by atoms with van der Waals surface area (Å²) in [5, 5.41) is 5.22. The number of hydrogen-bond acceptors (Lipinski definition) is 2. The molecule has 1 fully saturated rings. The van der Waals surface area contributed by atoms with E-state index in [1.807, 2.05) is 25.1 Å². The number of nitrogens with one attached hydrogen (secondary N) is 2. The lowest BCUT2D eigenvalue weighted by Gasteiger charge is -2.32. The number of para-hydroxylation sites is 1.